The molecule has 2 rings (SSSR count). The van der Waals surface area contributed by atoms with Crippen LogP contribution in [0.15, 0.2) is 29.6 Å². The Morgan fingerprint density at radius 1 is 1.25 bits per heavy atom. The first kappa shape index (κ1) is 14.5. The van der Waals surface area contributed by atoms with E-state index in [0.717, 1.165) is 11.3 Å². The minimum absolute atomic E-state index is 0.0561. The van der Waals surface area contributed by atoms with Gasteiger partial charge in [0.15, 0.2) is 5.13 Å². The van der Waals surface area contributed by atoms with Gasteiger partial charge in [-0.05, 0) is 30.5 Å². The lowest BCUT2D eigenvalue weighted by atomic mass is 10.0. The molecule has 0 radical (unpaired) electrons. The van der Waals surface area contributed by atoms with Crippen LogP contribution in [0.2, 0.25) is 0 Å². The van der Waals surface area contributed by atoms with E-state index in [-0.39, 0.29) is 11.8 Å². The molecule has 1 amide bonds. The summed E-state index contributed by atoms with van der Waals surface area (Å²) >= 11 is 1.46. The molecule has 4 nitrogen and oxygen atoms in total. The van der Waals surface area contributed by atoms with Crippen molar-refractivity contribution in [1.82, 2.24) is 4.98 Å². The Morgan fingerprint density at radius 2 is 1.90 bits per heavy atom. The van der Waals surface area contributed by atoms with E-state index in [1.807, 2.05) is 24.4 Å². The van der Waals surface area contributed by atoms with Gasteiger partial charge in [0.1, 0.15) is 0 Å². The number of benzene rings is 1. The number of anilines is 2. The third-order valence-corrected chi connectivity index (χ3v) is 3.95. The van der Waals surface area contributed by atoms with Crippen LogP contribution in [0.25, 0.3) is 0 Å². The van der Waals surface area contributed by atoms with Crippen molar-refractivity contribution >= 4 is 28.1 Å². The Balaban J connectivity index is 2.05. The normalized spacial score (nSPS) is 12.4. The number of hydrogen-bond donors (Lipinski definition) is 2. The van der Waals surface area contributed by atoms with Crippen molar-refractivity contribution in [2.45, 2.75) is 32.6 Å². The summed E-state index contributed by atoms with van der Waals surface area (Å²) in [6, 6.07) is 7.36. The van der Waals surface area contributed by atoms with E-state index < -0.39 is 0 Å². The molecule has 1 aromatic carbocycles. The van der Waals surface area contributed by atoms with Gasteiger partial charge in [-0.3, -0.25) is 4.79 Å². The summed E-state index contributed by atoms with van der Waals surface area (Å²) in [7, 11) is 0. The average Bonchev–Trinajstić information content (AvgIpc) is 2.87. The highest BCUT2D eigenvalue weighted by molar-refractivity contribution is 7.13. The van der Waals surface area contributed by atoms with Crippen LogP contribution in [0.1, 0.15) is 43.9 Å². The van der Waals surface area contributed by atoms with Crippen LogP contribution in [-0.2, 0) is 4.79 Å². The Labute approximate surface area is 123 Å². The number of rotatable bonds is 4. The number of aromatic nitrogens is 1. The molecule has 2 aromatic rings. The molecule has 0 aliphatic carbocycles. The van der Waals surface area contributed by atoms with Crippen LogP contribution >= 0.6 is 11.3 Å². The Hall–Kier alpha value is -1.88. The molecular formula is C15H19N3OS. The summed E-state index contributed by atoms with van der Waals surface area (Å²) in [5.74, 6) is 0.0767. The first-order chi connectivity index (χ1) is 9.47. The summed E-state index contributed by atoms with van der Waals surface area (Å²) < 4.78 is 0. The SMILES string of the molecule is CC(C)c1csc(NC(=O)[C@@H](C)c2ccc(N)cc2)n1. The number of thiazole rings is 1. The first-order valence-electron chi connectivity index (χ1n) is 6.59. The second-order valence-electron chi connectivity index (χ2n) is 5.11. The molecule has 0 bridgehead atoms. The molecule has 20 heavy (non-hydrogen) atoms. The molecule has 0 saturated heterocycles. The Morgan fingerprint density at radius 3 is 2.45 bits per heavy atom. The fourth-order valence-corrected chi connectivity index (χ4v) is 2.63. The maximum Gasteiger partial charge on any atom is 0.233 e. The number of carbonyl (C=O) groups excluding carboxylic acids is 1. The molecule has 0 aliphatic heterocycles. The molecular weight excluding hydrogens is 270 g/mol. The predicted octanol–water partition coefficient (Wildman–Crippen LogP) is 3.59. The van der Waals surface area contributed by atoms with Crippen LogP contribution in [0, 0.1) is 0 Å². The molecule has 5 heteroatoms. The summed E-state index contributed by atoms with van der Waals surface area (Å²) in [4.78, 5) is 16.6. The summed E-state index contributed by atoms with van der Waals surface area (Å²) in [5.41, 5.74) is 8.29. The van der Waals surface area contributed by atoms with E-state index >= 15 is 0 Å². The number of carbonyl (C=O) groups is 1. The number of nitrogens with zero attached hydrogens (tertiary/aromatic N) is 1. The molecule has 1 atom stereocenters. The van der Waals surface area contributed by atoms with Crippen molar-refractivity contribution in [3.8, 4) is 0 Å². The van der Waals surface area contributed by atoms with Gasteiger partial charge in [-0.25, -0.2) is 4.98 Å². The molecule has 0 saturated carbocycles. The smallest absolute Gasteiger partial charge is 0.233 e. The lowest BCUT2D eigenvalue weighted by molar-refractivity contribution is -0.117. The molecule has 106 valence electrons. The van der Waals surface area contributed by atoms with Gasteiger partial charge in [-0.15, -0.1) is 11.3 Å². The Kier molecular flexibility index (Phi) is 4.39. The van der Waals surface area contributed by atoms with E-state index in [1.165, 1.54) is 11.3 Å². The predicted molar refractivity (Wildman–Crippen MR) is 84.1 cm³/mol. The van der Waals surface area contributed by atoms with E-state index in [0.29, 0.717) is 16.7 Å². The zero-order valence-corrected chi connectivity index (χ0v) is 12.7. The molecule has 1 aromatic heterocycles. The lowest BCUT2D eigenvalue weighted by Crippen LogP contribution is -2.18. The van der Waals surface area contributed by atoms with E-state index in [2.05, 4.69) is 24.1 Å². The highest BCUT2D eigenvalue weighted by Crippen LogP contribution is 2.24. The highest BCUT2D eigenvalue weighted by atomic mass is 32.1. The van der Waals surface area contributed by atoms with Crippen molar-refractivity contribution in [3.05, 3.63) is 40.9 Å². The summed E-state index contributed by atoms with van der Waals surface area (Å²) in [6.07, 6.45) is 0. The maximum atomic E-state index is 12.2. The number of hydrogen-bond acceptors (Lipinski definition) is 4. The Bertz CT molecular complexity index is 589. The monoisotopic (exact) mass is 289 g/mol. The van der Waals surface area contributed by atoms with Gasteiger partial charge in [0, 0.05) is 11.1 Å². The van der Waals surface area contributed by atoms with Crippen LogP contribution in [0.4, 0.5) is 10.8 Å². The summed E-state index contributed by atoms with van der Waals surface area (Å²) in [6.45, 7) is 6.03. The maximum absolute atomic E-state index is 12.2. The third-order valence-electron chi connectivity index (χ3n) is 3.17. The van der Waals surface area contributed by atoms with Crippen molar-refractivity contribution in [2.75, 3.05) is 11.1 Å². The molecule has 3 N–H and O–H groups in total. The van der Waals surface area contributed by atoms with E-state index in [9.17, 15) is 4.79 Å². The van der Waals surface area contributed by atoms with Crippen LogP contribution in [0.5, 0.6) is 0 Å². The second kappa shape index (κ2) is 6.05. The lowest BCUT2D eigenvalue weighted by Gasteiger charge is -2.11. The minimum atomic E-state index is -0.234. The molecule has 0 fully saturated rings. The van der Waals surface area contributed by atoms with Crippen molar-refractivity contribution in [2.24, 2.45) is 0 Å². The fraction of sp³-hybridized carbons (Fsp3) is 0.333. The van der Waals surface area contributed by atoms with Crippen molar-refractivity contribution in [1.29, 1.82) is 0 Å². The van der Waals surface area contributed by atoms with Crippen LogP contribution in [0.3, 0.4) is 0 Å². The van der Waals surface area contributed by atoms with Gasteiger partial charge >= 0.3 is 0 Å². The molecule has 1 heterocycles. The van der Waals surface area contributed by atoms with Gasteiger partial charge in [-0.2, -0.15) is 0 Å². The largest absolute Gasteiger partial charge is 0.399 e. The van der Waals surface area contributed by atoms with Gasteiger partial charge < -0.3 is 11.1 Å². The average molecular weight is 289 g/mol. The molecule has 0 spiro atoms. The topological polar surface area (TPSA) is 68.0 Å². The molecule has 0 unspecified atom stereocenters. The highest BCUT2D eigenvalue weighted by Gasteiger charge is 2.17. The number of nitrogen functional groups attached to an aromatic ring is 1. The zero-order valence-electron chi connectivity index (χ0n) is 11.9. The summed E-state index contributed by atoms with van der Waals surface area (Å²) in [5, 5.41) is 5.50. The number of nitrogens with one attached hydrogen (secondary N) is 1. The van der Waals surface area contributed by atoms with E-state index in [1.54, 1.807) is 12.1 Å². The van der Waals surface area contributed by atoms with Gasteiger partial charge in [0.05, 0.1) is 11.6 Å². The third kappa shape index (κ3) is 3.36. The van der Waals surface area contributed by atoms with Gasteiger partial charge in [-0.1, -0.05) is 26.0 Å². The van der Waals surface area contributed by atoms with Crippen molar-refractivity contribution in [3.63, 3.8) is 0 Å². The standard InChI is InChI=1S/C15H19N3OS/c1-9(2)13-8-20-15(17-13)18-14(19)10(3)11-4-6-12(16)7-5-11/h4-10H,16H2,1-3H3,(H,17,18,19)/t10-/m0/s1. The first-order valence-corrected chi connectivity index (χ1v) is 7.47. The van der Waals surface area contributed by atoms with Crippen LogP contribution < -0.4 is 11.1 Å². The number of nitrogens with two attached hydrogens (primary N) is 1. The fourth-order valence-electron chi connectivity index (χ4n) is 1.76. The molecule has 0 aliphatic rings. The van der Waals surface area contributed by atoms with Crippen LogP contribution in [-0.4, -0.2) is 10.9 Å². The number of amides is 1. The van der Waals surface area contributed by atoms with Gasteiger partial charge in [0.25, 0.3) is 0 Å². The second-order valence-corrected chi connectivity index (χ2v) is 5.97. The zero-order chi connectivity index (χ0) is 14.7. The quantitative estimate of drug-likeness (QED) is 0.845. The van der Waals surface area contributed by atoms with Crippen molar-refractivity contribution < 1.29 is 4.79 Å². The minimum Gasteiger partial charge on any atom is -0.399 e. The van der Waals surface area contributed by atoms with E-state index in [4.69, 9.17) is 5.73 Å². The van der Waals surface area contributed by atoms with Gasteiger partial charge in [0.2, 0.25) is 5.91 Å².